The fourth-order valence-electron chi connectivity index (χ4n) is 3.00. The van der Waals surface area contributed by atoms with Gasteiger partial charge in [0.15, 0.2) is 0 Å². The molecule has 1 aromatic carbocycles. The van der Waals surface area contributed by atoms with Crippen LogP contribution in [-0.2, 0) is 4.79 Å². The molecule has 9 heteroatoms. The Kier molecular flexibility index (Phi) is 6.78. The van der Waals surface area contributed by atoms with Crippen molar-refractivity contribution in [1.82, 2.24) is 20.2 Å². The highest BCUT2D eigenvalue weighted by Gasteiger charge is 2.20. The lowest BCUT2D eigenvalue weighted by molar-refractivity contribution is -0.117. The predicted molar refractivity (Wildman–Crippen MR) is 109 cm³/mol. The molecule has 1 saturated heterocycles. The highest BCUT2D eigenvalue weighted by atomic mass is 35.5. The predicted octanol–water partition coefficient (Wildman–Crippen LogP) is 1.64. The number of amides is 2. The van der Waals surface area contributed by atoms with Crippen molar-refractivity contribution in [2.75, 3.05) is 49.5 Å². The molecule has 0 saturated carbocycles. The van der Waals surface area contributed by atoms with Crippen molar-refractivity contribution in [1.29, 1.82) is 0 Å². The second-order valence-electron chi connectivity index (χ2n) is 6.41. The number of carbonyl (C=O) groups is 2. The lowest BCUT2D eigenvalue weighted by Gasteiger charge is -2.34. The molecular formula is C19H23ClN6O2. The second kappa shape index (κ2) is 9.48. The molecule has 2 heterocycles. The summed E-state index contributed by atoms with van der Waals surface area (Å²) in [5.41, 5.74) is 0.893. The molecule has 1 aliphatic rings. The number of aromatic nitrogens is 2. The Morgan fingerprint density at radius 2 is 1.86 bits per heavy atom. The van der Waals surface area contributed by atoms with E-state index in [1.54, 1.807) is 36.7 Å². The molecule has 0 atom stereocenters. The van der Waals surface area contributed by atoms with Crippen LogP contribution in [0.4, 0.5) is 11.6 Å². The molecule has 1 fully saturated rings. The molecule has 2 aromatic rings. The summed E-state index contributed by atoms with van der Waals surface area (Å²) in [5, 5.41) is 5.90. The number of anilines is 2. The molecule has 0 radical (unpaired) electrons. The Hall–Kier alpha value is -2.71. The number of piperazine rings is 1. The van der Waals surface area contributed by atoms with Gasteiger partial charge in [-0.05, 0) is 31.2 Å². The second-order valence-corrected chi connectivity index (χ2v) is 6.82. The molecule has 3 rings (SSSR count). The summed E-state index contributed by atoms with van der Waals surface area (Å²) in [6, 6.07) is 6.68. The van der Waals surface area contributed by atoms with Crippen LogP contribution < -0.4 is 15.5 Å². The van der Waals surface area contributed by atoms with Crippen LogP contribution in [0.2, 0.25) is 5.02 Å². The van der Waals surface area contributed by atoms with E-state index in [2.05, 4.69) is 30.4 Å². The van der Waals surface area contributed by atoms with Gasteiger partial charge in [-0.1, -0.05) is 11.6 Å². The Labute approximate surface area is 168 Å². The first kappa shape index (κ1) is 20.0. The maximum atomic E-state index is 12.4. The zero-order valence-electron chi connectivity index (χ0n) is 15.7. The molecule has 1 aliphatic heterocycles. The maximum absolute atomic E-state index is 12.4. The molecule has 0 unspecified atom stereocenters. The minimum absolute atomic E-state index is 0.131. The van der Waals surface area contributed by atoms with Crippen LogP contribution >= 0.6 is 11.6 Å². The molecule has 2 N–H and O–H groups in total. The molecule has 2 amide bonds. The zero-order valence-corrected chi connectivity index (χ0v) is 16.4. The van der Waals surface area contributed by atoms with E-state index in [-0.39, 0.29) is 18.4 Å². The van der Waals surface area contributed by atoms with E-state index in [1.165, 1.54) is 0 Å². The Morgan fingerprint density at radius 3 is 2.54 bits per heavy atom. The number of benzene rings is 1. The van der Waals surface area contributed by atoms with Crippen LogP contribution in [0.15, 0.2) is 36.7 Å². The molecule has 28 heavy (non-hydrogen) atoms. The summed E-state index contributed by atoms with van der Waals surface area (Å²) >= 11 is 6.09. The van der Waals surface area contributed by atoms with Crippen molar-refractivity contribution >= 4 is 35.1 Å². The van der Waals surface area contributed by atoms with Crippen molar-refractivity contribution in [3.63, 3.8) is 0 Å². The lowest BCUT2D eigenvalue weighted by atomic mass is 10.2. The number of rotatable bonds is 6. The smallest absolute Gasteiger partial charge is 0.252 e. The summed E-state index contributed by atoms with van der Waals surface area (Å²) in [6.07, 6.45) is 3.45. The molecule has 1 aromatic heterocycles. The van der Waals surface area contributed by atoms with Gasteiger partial charge in [0, 0.05) is 50.8 Å². The van der Waals surface area contributed by atoms with Gasteiger partial charge in [0.25, 0.3) is 5.91 Å². The van der Waals surface area contributed by atoms with E-state index < -0.39 is 0 Å². The average molecular weight is 403 g/mol. The molecule has 0 spiro atoms. The minimum Gasteiger partial charge on any atom is -0.352 e. The van der Waals surface area contributed by atoms with Gasteiger partial charge >= 0.3 is 0 Å². The third-order valence-electron chi connectivity index (χ3n) is 4.41. The van der Waals surface area contributed by atoms with E-state index in [0.717, 1.165) is 26.2 Å². The first-order valence-electron chi connectivity index (χ1n) is 9.18. The minimum atomic E-state index is -0.261. The van der Waals surface area contributed by atoms with Gasteiger partial charge in [-0.25, -0.2) is 9.97 Å². The first-order chi connectivity index (χ1) is 13.6. The number of nitrogens with one attached hydrogen (secondary N) is 2. The third-order valence-corrected chi connectivity index (χ3v) is 4.74. The average Bonchev–Trinajstić information content (AvgIpc) is 2.71. The molecule has 8 nitrogen and oxygen atoms in total. The van der Waals surface area contributed by atoms with Gasteiger partial charge in [-0.15, -0.1) is 0 Å². The van der Waals surface area contributed by atoms with E-state index in [4.69, 9.17) is 11.6 Å². The fraction of sp³-hybridized carbons (Fsp3) is 0.368. The van der Waals surface area contributed by atoms with Gasteiger partial charge in [0.2, 0.25) is 11.9 Å². The molecular weight excluding hydrogens is 380 g/mol. The van der Waals surface area contributed by atoms with Crippen molar-refractivity contribution in [3.8, 4) is 0 Å². The SMILES string of the molecule is CCNC(=O)c1cc(NC(=O)CN2CCN(c3ncccn3)CC2)ccc1Cl. The van der Waals surface area contributed by atoms with E-state index in [9.17, 15) is 9.59 Å². The summed E-state index contributed by atoms with van der Waals surface area (Å²) in [4.78, 5) is 37.1. The van der Waals surface area contributed by atoms with Gasteiger partial charge in [0.05, 0.1) is 17.1 Å². The largest absolute Gasteiger partial charge is 0.352 e. The molecule has 0 bridgehead atoms. The quantitative estimate of drug-likeness (QED) is 0.763. The van der Waals surface area contributed by atoms with Crippen LogP contribution in [0, 0.1) is 0 Å². The lowest BCUT2D eigenvalue weighted by Crippen LogP contribution is -2.49. The highest BCUT2D eigenvalue weighted by Crippen LogP contribution is 2.20. The van der Waals surface area contributed by atoms with Crippen molar-refractivity contribution in [2.24, 2.45) is 0 Å². The maximum Gasteiger partial charge on any atom is 0.252 e. The number of halogens is 1. The normalized spacial score (nSPS) is 14.6. The van der Waals surface area contributed by atoms with Gasteiger partial charge in [-0.3, -0.25) is 14.5 Å². The summed E-state index contributed by atoms with van der Waals surface area (Å²) in [5.74, 6) is 0.321. The molecule has 148 valence electrons. The Balaban J connectivity index is 1.52. The summed E-state index contributed by atoms with van der Waals surface area (Å²) in [6.45, 7) is 5.64. The Morgan fingerprint density at radius 1 is 1.14 bits per heavy atom. The van der Waals surface area contributed by atoms with Gasteiger partial charge in [0.1, 0.15) is 0 Å². The monoisotopic (exact) mass is 402 g/mol. The third kappa shape index (κ3) is 5.17. The van der Waals surface area contributed by atoms with Crippen LogP contribution in [0.5, 0.6) is 0 Å². The first-order valence-corrected chi connectivity index (χ1v) is 9.56. The fourth-order valence-corrected chi connectivity index (χ4v) is 3.20. The number of hydrogen-bond acceptors (Lipinski definition) is 6. The number of hydrogen-bond donors (Lipinski definition) is 2. The summed E-state index contributed by atoms with van der Waals surface area (Å²) < 4.78 is 0. The zero-order chi connectivity index (χ0) is 19.9. The number of nitrogens with zero attached hydrogens (tertiary/aromatic N) is 4. The van der Waals surface area contributed by atoms with Crippen LogP contribution in [-0.4, -0.2) is 66.0 Å². The molecule has 0 aliphatic carbocycles. The van der Waals surface area contributed by atoms with E-state index in [1.807, 2.05) is 6.92 Å². The topological polar surface area (TPSA) is 90.5 Å². The van der Waals surface area contributed by atoms with Crippen LogP contribution in [0.1, 0.15) is 17.3 Å². The van der Waals surface area contributed by atoms with Crippen molar-refractivity contribution in [2.45, 2.75) is 6.92 Å². The number of carbonyl (C=O) groups excluding carboxylic acids is 2. The van der Waals surface area contributed by atoms with Crippen LogP contribution in [0.3, 0.4) is 0 Å². The van der Waals surface area contributed by atoms with Crippen molar-refractivity contribution in [3.05, 3.63) is 47.2 Å². The van der Waals surface area contributed by atoms with E-state index >= 15 is 0 Å². The van der Waals surface area contributed by atoms with Gasteiger partial charge in [-0.2, -0.15) is 0 Å². The van der Waals surface area contributed by atoms with Crippen molar-refractivity contribution < 1.29 is 9.59 Å². The Bertz CT molecular complexity index is 824. The standard InChI is InChI=1S/C19H23ClN6O2/c1-2-21-18(28)15-12-14(4-5-16(15)20)24-17(27)13-25-8-10-26(11-9-25)19-22-6-3-7-23-19/h3-7,12H,2,8-11,13H2,1H3,(H,21,28)(H,24,27). The van der Waals surface area contributed by atoms with Gasteiger partial charge < -0.3 is 15.5 Å². The highest BCUT2D eigenvalue weighted by molar-refractivity contribution is 6.34. The van der Waals surface area contributed by atoms with E-state index in [0.29, 0.717) is 28.8 Å². The summed E-state index contributed by atoms with van der Waals surface area (Å²) in [7, 11) is 0. The van der Waals surface area contributed by atoms with Crippen LogP contribution in [0.25, 0.3) is 0 Å².